The molecule has 12 nitrogen and oxygen atoms in total. The number of nitrogens with one attached hydrogen (secondary N) is 1. The molecule has 0 bridgehead atoms. The Balaban J connectivity index is 1.19. The number of alkyl halides is 1. The number of methoxy groups -OCH3 is 3. The van der Waals surface area contributed by atoms with Crippen LogP contribution in [-0.4, -0.2) is 85.4 Å². The second-order valence-electron chi connectivity index (χ2n) is 19.8. The van der Waals surface area contributed by atoms with Gasteiger partial charge in [0.05, 0.1) is 40.9 Å². The fraction of sp³-hybridized carbons (Fsp3) is 0.293. The lowest BCUT2D eigenvalue weighted by Crippen LogP contribution is -2.57. The van der Waals surface area contributed by atoms with E-state index >= 15 is 8.78 Å². The van der Waals surface area contributed by atoms with Crippen molar-refractivity contribution in [2.75, 3.05) is 39.9 Å². The standard InChI is InChI=1S/C58H61F2N5O7Si/c1-55(2,3)73(7,8)72-50-48(59)53(71-56(50,36-66)37-70-58(42-22-16-11-17-23-42,43-26-32-46(68-5)33-27-43)44-28-34-47(69-6)35-29-44)65-38-61-49-51(62-54(60)63-52(49)65)64-57(39-18-12-9-13-19-39,40-20-14-10-15-21-40)41-24-30-45(67-4)31-25-41/h9-35,38,48,50,53,66H,36-37H2,1-8H3,(H,62,63,64)/t48-,50-,53+,56-/m0/s1. The lowest BCUT2D eigenvalue weighted by atomic mass is 9.77. The molecule has 1 aliphatic heterocycles. The highest BCUT2D eigenvalue weighted by Gasteiger charge is 2.61. The van der Waals surface area contributed by atoms with Gasteiger partial charge in [-0.15, -0.1) is 0 Å². The molecule has 15 heteroatoms. The fourth-order valence-electron chi connectivity index (χ4n) is 9.56. The van der Waals surface area contributed by atoms with Crippen molar-refractivity contribution >= 4 is 25.3 Å². The van der Waals surface area contributed by atoms with E-state index in [1.165, 1.54) is 10.9 Å². The number of halogens is 2. The summed E-state index contributed by atoms with van der Waals surface area (Å²) in [4.78, 5) is 13.4. The Kier molecular flexibility index (Phi) is 14.3. The summed E-state index contributed by atoms with van der Waals surface area (Å²) >= 11 is 0. The van der Waals surface area contributed by atoms with Gasteiger partial charge < -0.3 is 38.5 Å². The Labute approximate surface area is 426 Å². The van der Waals surface area contributed by atoms with Crippen LogP contribution in [0.2, 0.25) is 18.1 Å². The Hall–Kier alpha value is -7.01. The van der Waals surface area contributed by atoms with Crippen molar-refractivity contribution in [1.82, 2.24) is 19.5 Å². The van der Waals surface area contributed by atoms with Crippen LogP contribution >= 0.6 is 0 Å². The molecule has 2 N–H and O–H groups in total. The minimum atomic E-state index is -2.86. The maximum absolute atomic E-state index is 18.3. The molecule has 73 heavy (non-hydrogen) atoms. The van der Waals surface area contributed by atoms with E-state index in [0.717, 1.165) is 33.4 Å². The maximum Gasteiger partial charge on any atom is 0.312 e. The average molecular weight is 1010 g/mol. The molecule has 0 saturated carbocycles. The van der Waals surface area contributed by atoms with E-state index in [4.69, 9.17) is 33.1 Å². The van der Waals surface area contributed by atoms with Crippen LogP contribution in [0.3, 0.4) is 0 Å². The normalized spacial score (nSPS) is 18.4. The van der Waals surface area contributed by atoms with Crippen LogP contribution in [0.25, 0.3) is 11.2 Å². The topological polar surface area (TPSA) is 131 Å². The quantitative estimate of drug-likeness (QED) is 0.0484. The van der Waals surface area contributed by atoms with Crippen molar-refractivity contribution < 1.29 is 42.0 Å². The minimum Gasteiger partial charge on any atom is -0.497 e. The number of aromatic nitrogens is 4. The Bertz CT molecular complexity index is 3020. The van der Waals surface area contributed by atoms with Gasteiger partial charge in [0.1, 0.15) is 40.1 Å². The number of hydrogen-bond acceptors (Lipinski definition) is 11. The Morgan fingerprint density at radius 2 is 1.10 bits per heavy atom. The molecule has 1 aliphatic rings. The molecule has 0 amide bonds. The number of imidazole rings is 1. The van der Waals surface area contributed by atoms with Crippen molar-refractivity contribution in [1.29, 1.82) is 0 Å². The predicted octanol–water partition coefficient (Wildman–Crippen LogP) is 11.4. The number of ether oxygens (including phenoxy) is 5. The average Bonchev–Trinajstić information content (AvgIpc) is 3.96. The van der Waals surface area contributed by atoms with Crippen LogP contribution in [0.4, 0.5) is 14.6 Å². The number of aliphatic hydroxyl groups excluding tert-OH is 1. The van der Waals surface area contributed by atoms with Crippen molar-refractivity contribution in [3.63, 3.8) is 0 Å². The van der Waals surface area contributed by atoms with E-state index < -0.39 is 56.2 Å². The minimum absolute atomic E-state index is 0.0376. The molecule has 0 radical (unpaired) electrons. The van der Waals surface area contributed by atoms with E-state index in [1.807, 2.05) is 177 Å². The third-order valence-electron chi connectivity index (χ3n) is 14.5. The lowest BCUT2D eigenvalue weighted by Gasteiger charge is -2.44. The highest BCUT2D eigenvalue weighted by Crippen LogP contribution is 2.50. The van der Waals surface area contributed by atoms with Crippen LogP contribution in [-0.2, 0) is 25.0 Å². The number of nitrogens with zero attached hydrogens (tertiary/aromatic N) is 4. The molecular formula is C58H61F2N5O7Si. The molecule has 2 aromatic heterocycles. The maximum atomic E-state index is 18.3. The number of anilines is 1. The molecule has 6 aromatic carbocycles. The second-order valence-corrected chi connectivity index (χ2v) is 24.5. The summed E-state index contributed by atoms with van der Waals surface area (Å²) in [5, 5.41) is 15.1. The van der Waals surface area contributed by atoms with Crippen molar-refractivity contribution in [3.8, 4) is 17.2 Å². The van der Waals surface area contributed by atoms with Crippen molar-refractivity contribution in [3.05, 3.63) is 210 Å². The third-order valence-corrected chi connectivity index (χ3v) is 19.0. The molecule has 4 atom stereocenters. The molecule has 0 spiro atoms. The first-order valence-electron chi connectivity index (χ1n) is 24.2. The van der Waals surface area contributed by atoms with Crippen LogP contribution in [0.1, 0.15) is 60.4 Å². The first-order chi connectivity index (χ1) is 35.1. The predicted molar refractivity (Wildman–Crippen MR) is 280 cm³/mol. The van der Waals surface area contributed by atoms with E-state index in [-0.39, 0.29) is 28.6 Å². The zero-order valence-corrected chi connectivity index (χ0v) is 43.3. The molecule has 9 rings (SSSR count). The van der Waals surface area contributed by atoms with Gasteiger partial charge in [0.15, 0.2) is 37.7 Å². The smallest absolute Gasteiger partial charge is 0.312 e. The van der Waals surface area contributed by atoms with E-state index in [0.29, 0.717) is 17.2 Å². The summed E-state index contributed by atoms with van der Waals surface area (Å²) in [7, 11) is 1.93. The first kappa shape index (κ1) is 50.9. The zero-order valence-electron chi connectivity index (χ0n) is 42.3. The summed E-state index contributed by atoms with van der Waals surface area (Å²) in [6.07, 6.45) is -4.63. The van der Waals surface area contributed by atoms with Gasteiger partial charge in [-0.25, -0.2) is 9.37 Å². The van der Waals surface area contributed by atoms with Gasteiger partial charge in [-0.3, -0.25) is 4.57 Å². The summed E-state index contributed by atoms with van der Waals surface area (Å²) in [5.41, 5.74) is 0.284. The van der Waals surface area contributed by atoms with Gasteiger partial charge in [0, 0.05) is 0 Å². The lowest BCUT2D eigenvalue weighted by molar-refractivity contribution is -0.175. The summed E-state index contributed by atoms with van der Waals surface area (Å²) in [6, 6.07) is 51.8. The van der Waals surface area contributed by atoms with Crippen LogP contribution < -0.4 is 19.5 Å². The van der Waals surface area contributed by atoms with E-state index in [2.05, 4.69) is 36.1 Å². The molecule has 8 aromatic rings. The van der Waals surface area contributed by atoms with Gasteiger partial charge >= 0.3 is 6.08 Å². The highest BCUT2D eigenvalue weighted by atomic mass is 28.4. The number of aliphatic hydroxyl groups is 1. The van der Waals surface area contributed by atoms with Gasteiger partial charge in [-0.1, -0.05) is 148 Å². The van der Waals surface area contributed by atoms with E-state index in [1.54, 1.807) is 21.3 Å². The third kappa shape index (κ3) is 9.36. The zero-order chi connectivity index (χ0) is 51.6. The summed E-state index contributed by atoms with van der Waals surface area (Å²) in [5.74, 6) is 1.96. The number of hydrogen-bond donors (Lipinski definition) is 2. The SMILES string of the molecule is COc1ccc(C(Nc2nc(F)nc3c2ncn3[C@@H]2O[C@@](CO)(COC(c3ccccc3)(c3ccc(OC)cc3)c3ccc(OC)cc3)[C@@H](O[Si](C)(C)C(C)(C)C)[C@@H]2F)(c2ccccc2)c2ccccc2)cc1. The molecule has 378 valence electrons. The highest BCUT2D eigenvalue weighted by molar-refractivity contribution is 6.74. The van der Waals surface area contributed by atoms with Gasteiger partial charge in [-0.05, 0) is 87.9 Å². The fourth-order valence-corrected chi connectivity index (χ4v) is 10.9. The van der Waals surface area contributed by atoms with Gasteiger partial charge in [-0.2, -0.15) is 14.4 Å². The molecule has 0 unspecified atom stereocenters. The molecule has 1 saturated heterocycles. The summed E-state index contributed by atoms with van der Waals surface area (Å²) < 4.78 is 74.0. The van der Waals surface area contributed by atoms with Crippen LogP contribution in [0.5, 0.6) is 17.2 Å². The van der Waals surface area contributed by atoms with Crippen molar-refractivity contribution in [2.24, 2.45) is 0 Å². The van der Waals surface area contributed by atoms with Gasteiger partial charge in [0.25, 0.3) is 0 Å². The molecular weight excluding hydrogens is 945 g/mol. The molecule has 0 aliphatic carbocycles. The van der Waals surface area contributed by atoms with Gasteiger partial charge in [0.2, 0.25) is 0 Å². The van der Waals surface area contributed by atoms with Crippen LogP contribution in [0, 0.1) is 6.08 Å². The largest absolute Gasteiger partial charge is 0.497 e. The van der Waals surface area contributed by atoms with Crippen molar-refractivity contribution in [2.45, 2.75) is 74.1 Å². The molecule has 3 heterocycles. The number of benzene rings is 6. The number of rotatable bonds is 18. The Morgan fingerprint density at radius 1 is 0.658 bits per heavy atom. The first-order valence-corrected chi connectivity index (χ1v) is 27.1. The molecule has 1 fully saturated rings. The second kappa shape index (κ2) is 20.5. The number of fused-ring (bicyclic) bond motifs is 1. The van der Waals surface area contributed by atoms with Crippen LogP contribution in [0.15, 0.2) is 170 Å². The van der Waals surface area contributed by atoms with E-state index in [9.17, 15) is 5.11 Å². The monoisotopic (exact) mass is 1010 g/mol. The summed E-state index contributed by atoms with van der Waals surface area (Å²) in [6.45, 7) is 9.09. The Morgan fingerprint density at radius 3 is 1.55 bits per heavy atom.